The van der Waals surface area contributed by atoms with E-state index in [-0.39, 0.29) is 11.7 Å². The van der Waals surface area contributed by atoms with Gasteiger partial charge in [0, 0.05) is 5.69 Å². The molecule has 2 heteroatoms. The summed E-state index contributed by atoms with van der Waals surface area (Å²) in [6, 6.07) is 3.18. The average Bonchev–Trinajstić information content (AvgIpc) is 1.82. The minimum Gasteiger partial charge on any atom is -0.399 e. The first-order valence-corrected chi connectivity index (χ1v) is 4.08. The molecule has 1 aromatic rings. The third-order valence-corrected chi connectivity index (χ3v) is 1.94. The maximum atomic E-state index is 13.3. The van der Waals surface area contributed by atoms with Crippen LogP contribution in [0.15, 0.2) is 12.1 Å². The Labute approximate surface area is 72.4 Å². The summed E-state index contributed by atoms with van der Waals surface area (Å²) >= 11 is 0. The van der Waals surface area contributed by atoms with E-state index in [4.69, 9.17) is 5.73 Å². The molecule has 0 bridgehead atoms. The highest BCUT2D eigenvalue weighted by Crippen LogP contribution is 2.24. The Kier molecular flexibility index (Phi) is 2.36. The van der Waals surface area contributed by atoms with Gasteiger partial charge in [0.1, 0.15) is 5.82 Å². The minimum atomic E-state index is -0.192. The van der Waals surface area contributed by atoms with Crippen molar-refractivity contribution in [2.24, 2.45) is 0 Å². The molecule has 1 rings (SSSR count). The fourth-order valence-corrected chi connectivity index (χ4v) is 1.51. The highest BCUT2D eigenvalue weighted by molar-refractivity contribution is 5.46. The fourth-order valence-electron chi connectivity index (χ4n) is 1.51. The van der Waals surface area contributed by atoms with Gasteiger partial charge >= 0.3 is 0 Å². The van der Waals surface area contributed by atoms with Crippen molar-refractivity contribution in [3.05, 3.63) is 29.1 Å². The predicted molar refractivity (Wildman–Crippen MR) is 49.6 cm³/mol. The number of nitrogens with two attached hydrogens (primary N) is 1. The van der Waals surface area contributed by atoms with Crippen LogP contribution in [-0.2, 0) is 0 Å². The number of benzene rings is 1. The molecule has 2 N–H and O–H groups in total. The molecule has 0 amide bonds. The van der Waals surface area contributed by atoms with Gasteiger partial charge in [-0.1, -0.05) is 13.8 Å². The molecule has 0 spiro atoms. The van der Waals surface area contributed by atoms with Gasteiger partial charge in [0.15, 0.2) is 0 Å². The van der Waals surface area contributed by atoms with E-state index in [1.54, 1.807) is 6.07 Å². The molecule has 0 aliphatic rings. The Balaban J connectivity index is 3.28. The maximum absolute atomic E-state index is 13.3. The lowest BCUT2D eigenvalue weighted by molar-refractivity contribution is 0.596. The number of halogens is 1. The van der Waals surface area contributed by atoms with Crippen molar-refractivity contribution in [3.8, 4) is 0 Å². The van der Waals surface area contributed by atoms with Crippen LogP contribution in [0.4, 0.5) is 10.1 Å². The lowest BCUT2D eigenvalue weighted by Gasteiger charge is -2.11. The molecule has 0 saturated carbocycles. The molecule has 0 unspecified atom stereocenters. The summed E-state index contributed by atoms with van der Waals surface area (Å²) in [7, 11) is 0. The molecule has 66 valence electrons. The van der Waals surface area contributed by atoms with Crippen molar-refractivity contribution in [2.45, 2.75) is 26.7 Å². The summed E-state index contributed by atoms with van der Waals surface area (Å²) in [4.78, 5) is 0. The van der Waals surface area contributed by atoms with Gasteiger partial charge in [0.05, 0.1) is 0 Å². The third-order valence-electron chi connectivity index (χ3n) is 1.94. The second kappa shape index (κ2) is 3.13. The SMILES string of the molecule is Cc1cc(N)cc(F)c1C(C)C. The van der Waals surface area contributed by atoms with Crippen molar-refractivity contribution in [1.29, 1.82) is 0 Å². The van der Waals surface area contributed by atoms with Gasteiger partial charge in [0.25, 0.3) is 0 Å². The van der Waals surface area contributed by atoms with Gasteiger partial charge < -0.3 is 5.73 Å². The Morgan fingerprint density at radius 3 is 2.33 bits per heavy atom. The first kappa shape index (κ1) is 9.04. The highest BCUT2D eigenvalue weighted by atomic mass is 19.1. The van der Waals surface area contributed by atoms with E-state index in [0.29, 0.717) is 5.69 Å². The zero-order valence-electron chi connectivity index (χ0n) is 7.69. The first-order valence-electron chi connectivity index (χ1n) is 4.08. The zero-order chi connectivity index (χ0) is 9.30. The molecule has 0 aliphatic heterocycles. The second-order valence-corrected chi connectivity index (χ2v) is 3.39. The number of hydrogen-bond donors (Lipinski definition) is 1. The lowest BCUT2D eigenvalue weighted by atomic mass is 9.97. The molecule has 0 atom stereocenters. The summed E-state index contributed by atoms with van der Waals surface area (Å²) < 4.78 is 13.3. The predicted octanol–water partition coefficient (Wildman–Crippen LogP) is 2.84. The molecule has 0 saturated heterocycles. The molecule has 0 radical (unpaired) electrons. The quantitative estimate of drug-likeness (QED) is 0.639. The van der Waals surface area contributed by atoms with Crippen molar-refractivity contribution >= 4 is 5.69 Å². The number of anilines is 1. The van der Waals surface area contributed by atoms with E-state index < -0.39 is 0 Å². The van der Waals surface area contributed by atoms with Crippen LogP contribution in [0.25, 0.3) is 0 Å². The van der Waals surface area contributed by atoms with E-state index in [2.05, 4.69) is 0 Å². The molecule has 0 aliphatic carbocycles. The monoisotopic (exact) mass is 167 g/mol. The summed E-state index contributed by atoms with van der Waals surface area (Å²) in [5.41, 5.74) is 7.68. The fraction of sp³-hybridized carbons (Fsp3) is 0.400. The molecule has 12 heavy (non-hydrogen) atoms. The minimum absolute atomic E-state index is 0.192. The van der Waals surface area contributed by atoms with Gasteiger partial charge in [-0.2, -0.15) is 0 Å². The summed E-state index contributed by atoms with van der Waals surface area (Å²) in [5, 5.41) is 0. The van der Waals surface area contributed by atoms with Crippen LogP contribution in [0.3, 0.4) is 0 Å². The Morgan fingerprint density at radius 2 is 1.92 bits per heavy atom. The van der Waals surface area contributed by atoms with Crippen LogP contribution in [0.2, 0.25) is 0 Å². The topological polar surface area (TPSA) is 26.0 Å². The van der Waals surface area contributed by atoms with E-state index in [9.17, 15) is 4.39 Å². The normalized spacial score (nSPS) is 10.8. The largest absolute Gasteiger partial charge is 0.399 e. The van der Waals surface area contributed by atoms with E-state index >= 15 is 0 Å². The van der Waals surface area contributed by atoms with Crippen LogP contribution in [0.5, 0.6) is 0 Å². The van der Waals surface area contributed by atoms with Crippen molar-refractivity contribution in [1.82, 2.24) is 0 Å². The molecule has 0 aromatic heterocycles. The standard InChI is InChI=1S/C10H14FN/c1-6(2)10-7(3)4-8(12)5-9(10)11/h4-6H,12H2,1-3H3. The zero-order valence-corrected chi connectivity index (χ0v) is 7.69. The Morgan fingerprint density at radius 1 is 1.33 bits per heavy atom. The smallest absolute Gasteiger partial charge is 0.128 e. The maximum Gasteiger partial charge on any atom is 0.128 e. The van der Waals surface area contributed by atoms with Crippen LogP contribution < -0.4 is 5.73 Å². The number of aryl methyl sites for hydroxylation is 1. The summed E-state index contributed by atoms with van der Waals surface area (Å²) in [6.45, 7) is 5.83. The summed E-state index contributed by atoms with van der Waals surface area (Å²) in [5.74, 6) is 0.0214. The lowest BCUT2D eigenvalue weighted by Crippen LogP contribution is -1.99. The third kappa shape index (κ3) is 1.58. The first-order chi connectivity index (χ1) is 5.52. The average molecular weight is 167 g/mol. The van der Waals surface area contributed by atoms with Gasteiger partial charge in [-0.3, -0.25) is 0 Å². The molecule has 1 aromatic carbocycles. The van der Waals surface area contributed by atoms with Crippen molar-refractivity contribution < 1.29 is 4.39 Å². The van der Waals surface area contributed by atoms with Crippen LogP contribution in [0.1, 0.15) is 30.9 Å². The van der Waals surface area contributed by atoms with Gasteiger partial charge in [-0.15, -0.1) is 0 Å². The van der Waals surface area contributed by atoms with Crippen LogP contribution in [0, 0.1) is 12.7 Å². The van der Waals surface area contributed by atoms with Crippen molar-refractivity contribution in [3.63, 3.8) is 0 Å². The van der Waals surface area contributed by atoms with E-state index in [0.717, 1.165) is 11.1 Å². The molecule has 0 heterocycles. The van der Waals surface area contributed by atoms with E-state index in [1.807, 2.05) is 20.8 Å². The van der Waals surface area contributed by atoms with Gasteiger partial charge in [-0.25, -0.2) is 4.39 Å². The van der Waals surface area contributed by atoms with Gasteiger partial charge in [0.2, 0.25) is 0 Å². The van der Waals surface area contributed by atoms with Crippen LogP contribution >= 0.6 is 0 Å². The molecule has 0 fully saturated rings. The Bertz CT molecular complexity index is 269. The molecular formula is C10H14FN. The highest BCUT2D eigenvalue weighted by Gasteiger charge is 2.09. The van der Waals surface area contributed by atoms with Crippen molar-refractivity contribution in [2.75, 3.05) is 5.73 Å². The summed E-state index contributed by atoms with van der Waals surface area (Å²) in [6.07, 6.45) is 0. The second-order valence-electron chi connectivity index (χ2n) is 3.39. The molecule has 1 nitrogen and oxygen atoms in total. The number of nitrogen functional groups attached to an aromatic ring is 1. The van der Waals surface area contributed by atoms with Crippen LogP contribution in [-0.4, -0.2) is 0 Å². The van der Waals surface area contributed by atoms with Gasteiger partial charge in [-0.05, 0) is 36.1 Å². The Hall–Kier alpha value is -1.05. The molecular weight excluding hydrogens is 153 g/mol. The van der Waals surface area contributed by atoms with E-state index in [1.165, 1.54) is 6.07 Å². The number of rotatable bonds is 1. The number of hydrogen-bond acceptors (Lipinski definition) is 1.